The van der Waals surface area contributed by atoms with Crippen molar-refractivity contribution in [3.05, 3.63) is 47.6 Å². The van der Waals surface area contributed by atoms with Crippen LogP contribution >= 0.6 is 11.3 Å². The molecule has 8 heteroatoms. The van der Waals surface area contributed by atoms with Gasteiger partial charge in [0.2, 0.25) is 5.95 Å². The minimum atomic E-state index is -0.109. The molecule has 1 aliphatic heterocycles. The van der Waals surface area contributed by atoms with Crippen LogP contribution < -0.4 is 4.90 Å². The van der Waals surface area contributed by atoms with Gasteiger partial charge in [0.1, 0.15) is 6.10 Å². The van der Waals surface area contributed by atoms with E-state index in [0.717, 1.165) is 32.6 Å². The summed E-state index contributed by atoms with van der Waals surface area (Å²) in [6.45, 7) is 1.90. The van der Waals surface area contributed by atoms with E-state index >= 15 is 0 Å². The summed E-state index contributed by atoms with van der Waals surface area (Å²) < 4.78 is 12.8. The molecule has 5 rings (SSSR count). The summed E-state index contributed by atoms with van der Waals surface area (Å²) in [6, 6.07) is 8.17. The normalized spacial score (nSPS) is 20.6. The zero-order valence-corrected chi connectivity index (χ0v) is 15.6. The number of benzene rings is 1. The molecule has 2 atom stereocenters. The summed E-state index contributed by atoms with van der Waals surface area (Å²) >= 11 is 1.65. The van der Waals surface area contributed by atoms with Crippen molar-refractivity contribution in [1.82, 2.24) is 20.2 Å². The Morgan fingerprint density at radius 2 is 2.26 bits per heavy atom. The number of anilines is 1. The molecule has 1 N–H and O–H groups in total. The Labute approximate surface area is 159 Å². The van der Waals surface area contributed by atoms with Gasteiger partial charge in [-0.05, 0) is 23.1 Å². The van der Waals surface area contributed by atoms with Gasteiger partial charge in [-0.3, -0.25) is 5.10 Å². The average molecular weight is 381 g/mol. The first-order valence-corrected chi connectivity index (χ1v) is 9.71. The lowest BCUT2D eigenvalue weighted by Gasteiger charge is -2.38. The van der Waals surface area contributed by atoms with Gasteiger partial charge < -0.3 is 14.4 Å². The average Bonchev–Trinajstić information content (AvgIpc) is 3.36. The molecule has 2 unspecified atom stereocenters. The van der Waals surface area contributed by atoms with Gasteiger partial charge in [0.25, 0.3) is 0 Å². The quantitative estimate of drug-likeness (QED) is 0.585. The monoisotopic (exact) mass is 381 g/mol. The zero-order valence-electron chi connectivity index (χ0n) is 14.8. The first-order chi connectivity index (χ1) is 13.3. The van der Waals surface area contributed by atoms with Gasteiger partial charge in [-0.15, -0.1) is 11.3 Å². The number of thiophene rings is 1. The van der Waals surface area contributed by atoms with Crippen LogP contribution in [-0.2, 0) is 9.47 Å². The maximum Gasteiger partial charge on any atom is 0.226 e. The van der Waals surface area contributed by atoms with E-state index in [1.165, 1.54) is 0 Å². The fraction of sp³-hybridized carbons (Fsp3) is 0.316. The molecule has 0 bridgehead atoms. The Kier molecular flexibility index (Phi) is 4.23. The van der Waals surface area contributed by atoms with Crippen LogP contribution in [0.15, 0.2) is 42.0 Å². The fourth-order valence-corrected chi connectivity index (χ4v) is 4.32. The molecule has 0 amide bonds. The van der Waals surface area contributed by atoms with Gasteiger partial charge in [0.15, 0.2) is 0 Å². The van der Waals surface area contributed by atoms with Crippen LogP contribution in [0.25, 0.3) is 21.1 Å². The molecule has 4 aromatic rings. The number of fused-ring (bicyclic) bond motifs is 2. The van der Waals surface area contributed by atoms with Crippen molar-refractivity contribution in [2.24, 2.45) is 0 Å². The van der Waals surface area contributed by atoms with E-state index in [1.807, 2.05) is 36.0 Å². The van der Waals surface area contributed by atoms with Crippen molar-refractivity contribution < 1.29 is 9.47 Å². The second-order valence-corrected chi connectivity index (χ2v) is 7.57. The molecule has 7 nitrogen and oxygen atoms in total. The molecule has 1 fully saturated rings. The standard InChI is InChI=1S/C19H19N5O2S/c1-25-11-12-9-24(19-20-8-18-16(22-19)5-6-27-18)10-17(26-12)13-3-2-4-15-14(13)7-21-23-15/h2-8,12,17H,9-11H2,1H3,(H,21,23). The van der Waals surface area contributed by atoms with E-state index in [1.54, 1.807) is 18.4 Å². The van der Waals surface area contributed by atoms with Crippen LogP contribution in [-0.4, -0.2) is 53.1 Å². The lowest BCUT2D eigenvalue weighted by atomic mass is 10.0. The van der Waals surface area contributed by atoms with Crippen molar-refractivity contribution in [3.8, 4) is 0 Å². The summed E-state index contributed by atoms with van der Waals surface area (Å²) in [5.41, 5.74) is 3.10. The largest absolute Gasteiger partial charge is 0.382 e. The number of ether oxygens (including phenoxy) is 2. The highest BCUT2D eigenvalue weighted by atomic mass is 32.1. The van der Waals surface area contributed by atoms with Crippen LogP contribution in [0.2, 0.25) is 0 Å². The molecule has 1 aliphatic rings. The van der Waals surface area contributed by atoms with E-state index < -0.39 is 0 Å². The predicted molar refractivity (Wildman–Crippen MR) is 105 cm³/mol. The minimum absolute atomic E-state index is 0.0577. The molecule has 0 aliphatic carbocycles. The third-order valence-electron chi connectivity index (χ3n) is 4.86. The number of morpholine rings is 1. The Hall–Kier alpha value is -2.55. The van der Waals surface area contributed by atoms with E-state index in [9.17, 15) is 0 Å². The van der Waals surface area contributed by atoms with Crippen LogP contribution in [0.4, 0.5) is 5.95 Å². The van der Waals surface area contributed by atoms with Gasteiger partial charge in [-0.2, -0.15) is 5.10 Å². The molecule has 4 heterocycles. The SMILES string of the molecule is COCC1CN(c2ncc3sccc3n2)CC(c2cccc3[nH]ncc23)O1. The van der Waals surface area contributed by atoms with Gasteiger partial charge in [0.05, 0.1) is 47.4 Å². The molecular weight excluding hydrogens is 362 g/mol. The van der Waals surface area contributed by atoms with Gasteiger partial charge in [-0.1, -0.05) is 12.1 Å². The summed E-state index contributed by atoms with van der Waals surface area (Å²) in [6.07, 6.45) is 3.58. The van der Waals surface area contributed by atoms with E-state index in [0.29, 0.717) is 19.7 Å². The Morgan fingerprint density at radius 1 is 1.30 bits per heavy atom. The third-order valence-corrected chi connectivity index (χ3v) is 5.70. The number of aromatic amines is 1. The summed E-state index contributed by atoms with van der Waals surface area (Å²) in [7, 11) is 1.70. The number of H-pyrrole nitrogens is 1. The Balaban J connectivity index is 1.51. The Morgan fingerprint density at radius 3 is 3.19 bits per heavy atom. The molecule has 3 aromatic heterocycles. The van der Waals surface area contributed by atoms with Gasteiger partial charge in [-0.25, -0.2) is 9.97 Å². The predicted octanol–water partition coefficient (Wildman–Crippen LogP) is 3.16. The van der Waals surface area contributed by atoms with Crippen LogP contribution in [0.3, 0.4) is 0 Å². The lowest BCUT2D eigenvalue weighted by molar-refractivity contribution is -0.0603. The first-order valence-electron chi connectivity index (χ1n) is 8.83. The van der Waals surface area contributed by atoms with Crippen molar-refractivity contribution in [3.63, 3.8) is 0 Å². The summed E-state index contributed by atoms with van der Waals surface area (Å²) in [5.74, 6) is 0.731. The lowest BCUT2D eigenvalue weighted by Crippen LogP contribution is -2.46. The van der Waals surface area contributed by atoms with Crippen molar-refractivity contribution >= 4 is 38.4 Å². The topological polar surface area (TPSA) is 76.2 Å². The smallest absolute Gasteiger partial charge is 0.226 e. The molecule has 0 spiro atoms. The number of nitrogens with one attached hydrogen (secondary N) is 1. The number of hydrogen-bond donors (Lipinski definition) is 1. The molecule has 1 saturated heterocycles. The number of methoxy groups -OCH3 is 1. The molecule has 1 aromatic carbocycles. The molecule has 138 valence electrons. The highest BCUT2D eigenvalue weighted by Crippen LogP contribution is 2.32. The third kappa shape index (κ3) is 3.05. The van der Waals surface area contributed by atoms with Crippen molar-refractivity contribution in [2.75, 3.05) is 31.7 Å². The second kappa shape index (κ2) is 6.88. The number of nitrogens with zero attached hydrogens (tertiary/aromatic N) is 4. The van der Waals surface area contributed by atoms with Crippen molar-refractivity contribution in [2.45, 2.75) is 12.2 Å². The maximum atomic E-state index is 6.35. The molecule has 27 heavy (non-hydrogen) atoms. The summed E-state index contributed by atoms with van der Waals surface area (Å²) in [5, 5.41) is 10.3. The number of hydrogen-bond acceptors (Lipinski definition) is 7. The Bertz CT molecular complexity index is 1080. The highest BCUT2D eigenvalue weighted by Gasteiger charge is 2.31. The zero-order chi connectivity index (χ0) is 18.2. The first kappa shape index (κ1) is 16.6. The van der Waals surface area contributed by atoms with Crippen LogP contribution in [0, 0.1) is 0 Å². The van der Waals surface area contributed by atoms with E-state index in [4.69, 9.17) is 14.5 Å². The van der Waals surface area contributed by atoms with Crippen molar-refractivity contribution in [1.29, 1.82) is 0 Å². The van der Waals surface area contributed by atoms with E-state index in [-0.39, 0.29) is 12.2 Å². The van der Waals surface area contributed by atoms with Gasteiger partial charge in [0, 0.05) is 19.0 Å². The highest BCUT2D eigenvalue weighted by molar-refractivity contribution is 7.17. The maximum absolute atomic E-state index is 6.35. The van der Waals surface area contributed by atoms with Crippen LogP contribution in [0.5, 0.6) is 0 Å². The van der Waals surface area contributed by atoms with Gasteiger partial charge >= 0.3 is 0 Å². The van der Waals surface area contributed by atoms with E-state index in [2.05, 4.69) is 26.1 Å². The molecular formula is C19H19N5O2S. The fourth-order valence-electron chi connectivity index (χ4n) is 3.63. The second-order valence-electron chi connectivity index (χ2n) is 6.63. The minimum Gasteiger partial charge on any atom is -0.382 e. The van der Waals surface area contributed by atoms with Crippen LogP contribution in [0.1, 0.15) is 11.7 Å². The molecule has 0 radical (unpaired) electrons. The summed E-state index contributed by atoms with van der Waals surface area (Å²) in [4.78, 5) is 11.5. The number of aromatic nitrogens is 4. The number of rotatable bonds is 4. The molecule has 0 saturated carbocycles.